The van der Waals surface area contributed by atoms with E-state index in [0.717, 1.165) is 36.4 Å². The zero-order chi connectivity index (χ0) is 19.4. The summed E-state index contributed by atoms with van der Waals surface area (Å²) in [7, 11) is 0. The molecule has 0 aliphatic rings. The predicted octanol–water partition coefficient (Wildman–Crippen LogP) is 5.52. The predicted molar refractivity (Wildman–Crippen MR) is 93.8 cm³/mol. The van der Waals surface area contributed by atoms with Crippen LogP contribution in [-0.2, 0) is 9.59 Å². The molecule has 0 N–H and O–H groups in total. The molecule has 2 aromatic carbocycles. The van der Waals surface area contributed by atoms with Gasteiger partial charge in [-0.3, -0.25) is 9.59 Å². The monoisotopic (exact) mass is 398 g/mol. The van der Waals surface area contributed by atoms with Crippen LogP contribution in [-0.4, -0.2) is 10.2 Å². The number of hydrogen-bond donors (Lipinski definition) is 0. The smallest absolute Gasteiger partial charge is 0.216 e. The van der Waals surface area contributed by atoms with Gasteiger partial charge in [0.25, 0.3) is 0 Å². The van der Waals surface area contributed by atoms with Gasteiger partial charge in [-0.25, -0.2) is 17.6 Å². The van der Waals surface area contributed by atoms with Crippen molar-refractivity contribution in [2.24, 2.45) is 0 Å². The fourth-order valence-corrected chi connectivity index (χ4v) is 3.17. The highest BCUT2D eigenvalue weighted by atomic mass is 32.2. The van der Waals surface area contributed by atoms with Crippen LogP contribution < -0.4 is 0 Å². The number of hydrogen-bond acceptors (Lipinski definition) is 4. The molecule has 134 valence electrons. The molecule has 2 rings (SSSR count). The topological polar surface area (TPSA) is 34.1 Å². The fourth-order valence-electron chi connectivity index (χ4n) is 1.94. The average Bonchev–Trinajstić information content (AvgIpc) is 2.63. The Balaban J connectivity index is 2.49. The number of benzene rings is 2. The van der Waals surface area contributed by atoms with E-state index in [1.807, 2.05) is 0 Å². The van der Waals surface area contributed by atoms with Crippen molar-refractivity contribution >= 4 is 33.8 Å². The first-order valence-corrected chi connectivity index (χ1v) is 8.58. The highest BCUT2D eigenvalue weighted by Gasteiger charge is 2.22. The maximum Gasteiger partial charge on any atom is 0.216 e. The summed E-state index contributed by atoms with van der Waals surface area (Å²) in [6, 6.07) is 4.25. The second-order valence-electron chi connectivity index (χ2n) is 4.73. The van der Waals surface area contributed by atoms with Gasteiger partial charge in [-0.1, -0.05) is 13.2 Å². The summed E-state index contributed by atoms with van der Waals surface area (Å²) in [5.74, 6) is -5.56. The molecule has 0 spiro atoms. The second kappa shape index (κ2) is 8.37. The number of thioether (sulfide) groups is 2. The minimum Gasteiger partial charge on any atom is -0.282 e. The lowest BCUT2D eigenvalue weighted by atomic mass is 10.0. The van der Waals surface area contributed by atoms with Crippen LogP contribution in [0.1, 0.15) is 0 Å². The van der Waals surface area contributed by atoms with E-state index < -0.39 is 44.6 Å². The van der Waals surface area contributed by atoms with E-state index in [-0.39, 0.29) is 9.79 Å². The van der Waals surface area contributed by atoms with Crippen LogP contribution in [0.5, 0.6) is 0 Å². The van der Waals surface area contributed by atoms with Gasteiger partial charge < -0.3 is 0 Å². The van der Waals surface area contributed by atoms with Crippen molar-refractivity contribution in [3.05, 3.63) is 72.8 Å². The Morgan fingerprint density at radius 2 is 1.04 bits per heavy atom. The van der Waals surface area contributed by atoms with Gasteiger partial charge in [-0.15, -0.1) is 0 Å². The number of carbonyl (C=O) groups is 2. The van der Waals surface area contributed by atoms with Crippen LogP contribution >= 0.6 is 23.5 Å². The maximum absolute atomic E-state index is 14.3. The lowest BCUT2D eigenvalue weighted by Gasteiger charge is -2.10. The Bertz CT molecular complexity index is 850. The van der Waals surface area contributed by atoms with Crippen LogP contribution in [0, 0.1) is 23.3 Å². The highest BCUT2D eigenvalue weighted by Crippen LogP contribution is 2.35. The Morgan fingerprint density at radius 3 is 1.35 bits per heavy atom. The number of carbonyl (C=O) groups excluding carboxylic acids is 2. The zero-order valence-corrected chi connectivity index (χ0v) is 14.7. The van der Waals surface area contributed by atoms with Crippen LogP contribution in [0.4, 0.5) is 17.6 Å². The van der Waals surface area contributed by atoms with E-state index in [2.05, 4.69) is 13.2 Å². The molecule has 0 saturated heterocycles. The Kier molecular flexibility index (Phi) is 6.44. The Labute approximate surface area is 155 Å². The van der Waals surface area contributed by atoms with Crippen molar-refractivity contribution in [3.8, 4) is 11.1 Å². The molecule has 2 nitrogen and oxygen atoms in total. The van der Waals surface area contributed by atoms with Crippen molar-refractivity contribution in [1.29, 1.82) is 0 Å². The highest BCUT2D eigenvalue weighted by molar-refractivity contribution is 8.14. The molecule has 0 bridgehead atoms. The molecule has 0 aromatic heterocycles. The number of halogens is 4. The van der Waals surface area contributed by atoms with Crippen LogP contribution in [0.2, 0.25) is 0 Å². The molecule has 2 aromatic rings. The molecular weight excluding hydrogens is 388 g/mol. The van der Waals surface area contributed by atoms with Crippen molar-refractivity contribution in [3.63, 3.8) is 0 Å². The van der Waals surface area contributed by atoms with E-state index in [1.165, 1.54) is 0 Å². The van der Waals surface area contributed by atoms with Crippen LogP contribution in [0.15, 0.2) is 59.4 Å². The summed E-state index contributed by atoms with van der Waals surface area (Å²) in [4.78, 5) is 21.9. The molecular formula is C18H10F4O2S2. The van der Waals surface area contributed by atoms with Crippen molar-refractivity contribution in [1.82, 2.24) is 0 Å². The summed E-state index contributed by atoms with van der Waals surface area (Å²) in [5, 5.41) is -1.19. The third-order valence-electron chi connectivity index (χ3n) is 3.14. The molecule has 26 heavy (non-hydrogen) atoms. The summed E-state index contributed by atoms with van der Waals surface area (Å²) < 4.78 is 56.8. The largest absolute Gasteiger partial charge is 0.282 e. The molecule has 0 heterocycles. The molecule has 0 unspecified atom stereocenters. The van der Waals surface area contributed by atoms with Gasteiger partial charge in [0, 0.05) is 11.1 Å². The molecule has 0 atom stereocenters. The second-order valence-corrected chi connectivity index (χ2v) is 6.82. The van der Waals surface area contributed by atoms with Gasteiger partial charge in [0.05, 0.1) is 9.79 Å². The quantitative estimate of drug-likeness (QED) is 0.377. The third kappa shape index (κ3) is 4.08. The van der Waals surface area contributed by atoms with E-state index in [0.29, 0.717) is 23.5 Å². The number of rotatable bonds is 5. The summed E-state index contributed by atoms with van der Waals surface area (Å²) in [5.41, 5.74) is -1.03. The minimum atomic E-state index is -1.42. The SMILES string of the molecule is C=CC(=O)Sc1ccc(-c2ccc(SC(=O)C=C)c(F)c2F)c(F)c1F. The Hall–Kier alpha value is -2.32. The summed E-state index contributed by atoms with van der Waals surface area (Å²) >= 11 is 0.835. The first-order chi connectivity index (χ1) is 12.3. The third-order valence-corrected chi connectivity index (χ3v) is 4.94. The molecule has 0 aliphatic carbocycles. The normalized spacial score (nSPS) is 10.5. The van der Waals surface area contributed by atoms with Crippen molar-refractivity contribution < 1.29 is 27.2 Å². The summed E-state index contributed by atoms with van der Waals surface area (Å²) in [6.45, 7) is 6.44. The van der Waals surface area contributed by atoms with Gasteiger partial charge in [-0.05, 0) is 59.9 Å². The van der Waals surface area contributed by atoms with Gasteiger partial charge in [0.15, 0.2) is 23.3 Å². The van der Waals surface area contributed by atoms with Gasteiger partial charge in [0.1, 0.15) is 0 Å². The lowest BCUT2D eigenvalue weighted by Crippen LogP contribution is -1.99. The van der Waals surface area contributed by atoms with E-state index in [4.69, 9.17) is 0 Å². The molecule has 8 heteroatoms. The molecule has 0 amide bonds. The molecule has 0 radical (unpaired) electrons. The first-order valence-electron chi connectivity index (χ1n) is 6.95. The lowest BCUT2D eigenvalue weighted by molar-refractivity contribution is -0.107. The maximum atomic E-state index is 14.3. The van der Waals surface area contributed by atoms with E-state index in [9.17, 15) is 27.2 Å². The Morgan fingerprint density at radius 1 is 0.692 bits per heavy atom. The van der Waals surface area contributed by atoms with Gasteiger partial charge in [0.2, 0.25) is 10.2 Å². The van der Waals surface area contributed by atoms with E-state index >= 15 is 0 Å². The fraction of sp³-hybridized carbons (Fsp3) is 0. The average molecular weight is 398 g/mol. The van der Waals surface area contributed by atoms with Crippen molar-refractivity contribution in [2.75, 3.05) is 0 Å². The molecule has 0 fully saturated rings. The van der Waals surface area contributed by atoms with Gasteiger partial charge in [-0.2, -0.15) is 0 Å². The molecule has 0 saturated carbocycles. The van der Waals surface area contributed by atoms with E-state index in [1.54, 1.807) is 0 Å². The standard InChI is InChI=1S/C18H10F4O2S2/c1-3-13(23)25-11-7-5-9(15(19)17(11)21)10-6-8-12(18(22)16(10)20)26-14(24)4-2/h3-8H,1-2H2. The minimum absolute atomic E-state index is 0.305. The van der Waals surface area contributed by atoms with Crippen molar-refractivity contribution in [2.45, 2.75) is 9.79 Å². The van der Waals surface area contributed by atoms with Gasteiger partial charge >= 0.3 is 0 Å². The van der Waals surface area contributed by atoms with Crippen LogP contribution in [0.3, 0.4) is 0 Å². The summed E-state index contributed by atoms with van der Waals surface area (Å²) in [6.07, 6.45) is 1.87. The molecule has 0 aliphatic heterocycles. The van der Waals surface area contributed by atoms with Crippen LogP contribution in [0.25, 0.3) is 11.1 Å². The first kappa shape index (κ1) is 20.0. The zero-order valence-electron chi connectivity index (χ0n) is 13.0.